The maximum Gasteiger partial charge on any atom is 0.316 e. The minimum atomic E-state index is -3.35. The molecular weight excluding hydrogens is 516 g/mol. The van der Waals surface area contributed by atoms with E-state index in [0.717, 1.165) is 11.3 Å². The van der Waals surface area contributed by atoms with Gasteiger partial charge in [0.05, 0.1) is 30.9 Å². The number of nitrogens with zero attached hydrogens (tertiary/aromatic N) is 4. The van der Waals surface area contributed by atoms with E-state index in [2.05, 4.69) is 5.10 Å². The molecule has 0 saturated carbocycles. The molecule has 1 aliphatic rings. The van der Waals surface area contributed by atoms with E-state index in [0.29, 0.717) is 49.0 Å². The molecule has 37 heavy (non-hydrogen) atoms. The summed E-state index contributed by atoms with van der Waals surface area (Å²) < 4.78 is 39.3. The summed E-state index contributed by atoms with van der Waals surface area (Å²) in [6.45, 7) is 5.09. The van der Waals surface area contributed by atoms with Crippen molar-refractivity contribution in [2.24, 2.45) is 0 Å². The Kier molecular flexibility index (Phi) is 8.41. The van der Waals surface area contributed by atoms with Gasteiger partial charge in [-0.25, -0.2) is 8.42 Å². The van der Waals surface area contributed by atoms with Crippen LogP contribution in [0.15, 0.2) is 59.5 Å². The molecule has 0 aliphatic carbocycles. The van der Waals surface area contributed by atoms with E-state index in [-0.39, 0.29) is 12.4 Å². The number of piperazine rings is 1. The zero-order valence-corrected chi connectivity index (χ0v) is 22.7. The lowest BCUT2D eigenvalue weighted by Crippen LogP contribution is -2.50. The summed E-state index contributed by atoms with van der Waals surface area (Å²) in [4.78, 5) is 15.5. The van der Waals surface area contributed by atoms with Crippen LogP contribution in [0.3, 0.4) is 0 Å². The molecule has 1 aromatic heterocycles. The van der Waals surface area contributed by atoms with E-state index in [1.165, 1.54) is 8.99 Å². The zero-order valence-electron chi connectivity index (χ0n) is 21.1. The van der Waals surface area contributed by atoms with Crippen LogP contribution in [0.1, 0.15) is 19.4 Å². The highest BCUT2D eigenvalue weighted by Crippen LogP contribution is 2.27. The number of rotatable bonds is 9. The molecule has 1 saturated heterocycles. The van der Waals surface area contributed by atoms with Gasteiger partial charge in [-0.15, -0.1) is 0 Å². The standard InChI is InChI=1S/C26H31ClN4O5S/c1-19(2)37(33,34)30-13-11-29(12-14-30)24-18-28-31(22-8-5-7-21(27)17-22)26(32)25(24)36-15-10-20-6-4-9-23(16-20)35-3/h4-9,16-19H,10-15H2,1-3H3. The molecule has 0 atom stereocenters. The molecule has 11 heteroatoms. The maximum atomic E-state index is 13.6. The Morgan fingerprint density at radius 1 is 1.05 bits per heavy atom. The third-order valence-electron chi connectivity index (χ3n) is 6.27. The molecule has 0 unspecified atom stereocenters. The minimum Gasteiger partial charge on any atom is -0.497 e. The average molecular weight is 547 g/mol. The summed E-state index contributed by atoms with van der Waals surface area (Å²) in [5.74, 6) is 0.915. The van der Waals surface area contributed by atoms with Crippen LogP contribution in [0, 0.1) is 0 Å². The molecular formula is C26H31ClN4O5S. The highest BCUT2D eigenvalue weighted by atomic mass is 35.5. The van der Waals surface area contributed by atoms with E-state index in [1.807, 2.05) is 29.2 Å². The molecule has 0 bridgehead atoms. The third kappa shape index (κ3) is 6.08. The molecule has 0 spiro atoms. The smallest absolute Gasteiger partial charge is 0.316 e. The number of ether oxygens (including phenoxy) is 2. The van der Waals surface area contributed by atoms with Crippen molar-refractivity contribution in [3.63, 3.8) is 0 Å². The molecule has 0 N–H and O–H groups in total. The first-order valence-corrected chi connectivity index (χ1v) is 14.0. The van der Waals surface area contributed by atoms with Gasteiger partial charge in [0.1, 0.15) is 11.4 Å². The summed E-state index contributed by atoms with van der Waals surface area (Å²) in [6.07, 6.45) is 2.16. The molecule has 2 aromatic carbocycles. The van der Waals surface area contributed by atoms with Gasteiger partial charge in [-0.2, -0.15) is 14.1 Å². The van der Waals surface area contributed by atoms with Crippen molar-refractivity contribution in [1.29, 1.82) is 0 Å². The number of hydrogen-bond donors (Lipinski definition) is 0. The Morgan fingerprint density at radius 2 is 1.78 bits per heavy atom. The van der Waals surface area contributed by atoms with Gasteiger partial charge in [0.2, 0.25) is 15.8 Å². The van der Waals surface area contributed by atoms with Crippen LogP contribution < -0.4 is 19.9 Å². The average Bonchev–Trinajstić information content (AvgIpc) is 2.89. The minimum absolute atomic E-state index is 0.165. The van der Waals surface area contributed by atoms with Gasteiger partial charge < -0.3 is 14.4 Å². The quantitative estimate of drug-likeness (QED) is 0.406. The van der Waals surface area contributed by atoms with Gasteiger partial charge in [-0.05, 0) is 49.7 Å². The van der Waals surface area contributed by atoms with Crippen molar-refractivity contribution in [3.8, 4) is 17.2 Å². The van der Waals surface area contributed by atoms with E-state index in [1.54, 1.807) is 51.4 Å². The van der Waals surface area contributed by atoms with Gasteiger partial charge in [0, 0.05) is 37.6 Å². The number of hydrogen-bond acceptors (Lipinski definition) is 7. The molecule has 2 heterocycles. The fraction of sp³-hybridized carbons (Fsp3) is 0.385. The first kappa shape index (κ1) is 27.0. The second-order valence-electron chi connectivity index (χ2n) is 8.99. The molecule has 198 valence electrons. The van der Waals surface area contributed by atoms with Gasteiger partial charge in [-0.1, -0.05) is 29.8 Å². The monoisotopic (exact) mass is 546 g/mol. The highest BCUT2D eigenvalue weighted by Gasteiger charge is 2.31. The van der Waals surface area contributed by atoms with Crippen LogP contribution >= 0.6 is 11.6 Å². The van der Waals surface area contributed by atoms with Crippen LogP contribution in [0.25, 0.3) is 5.69 Å². The Hall–Kier alpha value is -3.08. The largest absolute Gasteiger partial charge is 0.497 e. The lowest BCUT2D eigenvalue weighted by atomic mass is 10.1. The van der Waals surface area contributed by atoms with E-state index in [9.17, 15) is 13.2 Å². The summed E-state index contributed by atoms with van der Waals surface area (Å²) in [7, 11) is -1.74. The molecule has 1 aliphatic heterocycles. The van der Waals surface area contributed by atoms with Crippen molar-refractivity contribution < 1.29 is 17.9 Å². The van der Waals surface area contributed by atoms with Crippen LogP contribution in [-0.4, -0.2) is 67.6 Å². The Balaban J connectivity index is 1.61. The summed E-state index contributed by atoms with van der Waals surface area (Å²) in [5, 5.41) is 4.38. The number of halogens is 1. The van der Waals surface area contributed by atoms with E-state index in [4.69, 9.17) is 21.1 Å². The Morgan fingerprint density at radius 3 is 2.46 bits per heavy atom. The molecule has 0 amide bonds. The normalized spacial score (nSPS) is 14.7. The predicted octanol–water partition coefficient (Wildman–Crippen LogP) is 3.38. The van der Waals surface area contributed by atoms with Crippen LogP contribution in [0.2, 0.25) is 5.02 Å². The second-order valence-corrected chi connectivity index (χ2v) is 11.9. The van der Waals surface area contributed by atoms with E-state index < -0.39 is 20.8 Å². The Labute approximate surface area is 222 Å². The number of aromatic nitrogens is 2. The van der Waals surface area contributed by atoms with Crippen molar-refractivity contribution in [1.82, 2.24) is 14.1 Å². The second kappa shape index (κ2) is 11.5. The van der Waals surface area contributed by atoms with Crippen LogP contribution in [0.4, 0.5) is 5.69 Å². The fourth-order valence-electron chi connectivity index (χ4n) is 4.16. The lowest BCUT2D eigenvalue weighted by molar-refractivity contribution is 0.312. The summed E-state index contributed by atoms with van der Waals surface area (Å²) >= 11 is 6.14. The number of methoxy groups -OCH3 is 1. The topological polar surface area (TPSA) is 94.0 Å². The molecule has 0 radical (unpaired) electrons. The van der Waals surface area contributed by atoms with Crippen LogP contribution in [0.5, 0.6) is 11.5 Å². The number of anilines is 1. The van der Waals surface area contributed by atoms with E-state index >= 15 is 0 Å². The maximum absolute atomic E-state index is 13.6. The number of benzene rings is 2. The summed E-state index contributed by atoms with van der Waals surface area (Å²) in [6, 6.07) is 14.5. The third-order valence-corrected chi connectivity index (χ3v) is 8.79. The Bertz CT molecular complexity index is 1400. The van der Waals surface area contributed by atoms with Crippen molar-refractivity contribution in [3.05, 3.63) is 75.7 Å². The van der Waals surface area contributed by atoms with Crippen molar-refractivity contribution in [2.75, 3.05) is 44.8 Å². The molecule has 9 nitrogen and oxygen atoms in total. The van der Waals surface area contributed by atoms with Crippen LogP contribution in [-0.2, 0) is 16.4 Å². The fourth-order valence-corrected chi connectivity index (χ4v) is 5.62. The first-order valence-electron chi connectivity index (χ1n) is 12.1. The predicted molar refractivity (Wildman–Crippen MR) is 145 cm³/mol. The van der Waals surface area contributed by atoms with Gasteiger partial charge >= 0.3 is 5.56 Å². The van der Waals surface area contributed by atoms with Crippen molar-refractivity contribution in [2.45, 2.75) is 25.5 Å². The highest BCUT2D eigenvalue weighted by molar-refractivity contribution is 7.89. The zero-order chi connectivity index (χ0) is 26.6. The molecule has 3 aromatic rings. The molecule has 1 fully saturated rings. The SMILES string of the molecule is COc1cccc(CCOc2c(N3CCN(S(=O)(=O)C(C)C)CC3)cnn(-c3cccc(Cl)c3)c2=O)c1. The first-order chi connectivity index (χ1) is 17.7. The summed E-state index contributed by atoms with van der Waals surface area (Å²) in [5.41, 5.74) is 1.66. The molecule has 4 rings (SSSR count). The van der Waals surface area contributed by atoms with Crippen molar-refractivity contribution >= 4 is 27.3 Å². The van der Waals surface area contributed by atoms with Gasteiger partial charge in [-0.3, -0.25) is 4.79 Å². The van der Waals surface area contributed by atoms with Gasteiger partial charge in [0.15, 0.2) is 0 Å². The van der Waals surface area contributed by atoms with Gasteiger partial charge in [0.25, 0.3) is 0 Å². The number of sulfonamides is 1. The lowest BCUT2D eigenvalue weighted by Gasteiger charge is -2.36.